The fourth-order valence-corrected chi connectivity index (χ4v) is 2.06. The van der Waals surface area contributed by atoms with Crippen molar-refractivity contribution in [3.8, 4) is 0 Å². The fraction of sp³-hybridized carbons (Fsp3) is 0.636. The van der Waals surface area contributed by atoms with Gasteiger partial charge in [0.25, 0.3) is 0 Å². The van der Waals surface area contributed by atoms with Crippen molar-refractivity contribution in [1.29, 1.82) is 0 Å². The van der Waals surface area contributed by atoms with Crippen LogP contribution in [0, 0.1) is 5.92 Å². The van der Waals surface area contributed by atoms with E-state index < -0.39 is 0 Å². The molecule has 0 aromatic rings. The molecule has 0 aliphatic carbocycles. The van der Waals surface area contributed by atoms with E-state index in [-0.39, 0.29) is 36.3 Å². The number of ketones is 1. The van der Waals surface area contributed by atoms with Gasteiger partial charge < -0.3 is 9.47 Å². The van der Waals surface area contributed by atoms with Crippen molar-refractivity contribution in [3.63, 3.8) is 0 Å². The maximum atomic E-state index is 11.7. The number of hydrogen-bond donors (Lipinski definition) is 0. The first-order valence-corrected chi connectivity index (χ1v) is 6.35. The van der Waals surface area contributed by atoms with E-state index in [0.717, 1.165) is 0 Å². The number of hydrogen-bond acceptors (Lipinski definition) is 4. The van der Waals surface area contributed by atoms with Gasteiger partial charge >= 0.3 is 5.97 Å². The number of carbonyl (C=O) groups excluding carboxylic acids is 2. The lowest BCUT2D eigenvalue weighted by Gasteiger charge is -2.31. The summed E-state index contributed by atoms with van der Waals surface area (Å²) < 4.78 is 12.1. The third-order valence-corrected chi connectivity index (χ3v) is 3.08. The Morgan fingerprint density at radius 2 is 2.38 bits per heavy atom. The van der Waals surface area contributed by atoms with Gasteiger partial charge in [-0.1, -0.05) is 29.5 Å². The Kier molecular flexibility index (Phi) is 5.40. The molecule has 0 radical (unpaired) electrons. The Morgan fingerprint density at radius 3 is 2.94 bits per heavy atom. The number of halogens is 1. The first kappa shape index (κ1) is 13.6. The first-order chi connectivity index (χ1) is 7.58. The van der Waals surface area contributed by atoms with Gasteiger partial charge in [-0.25, -0.2) is 0 Å². The normalized spacial score (nSPS) is 30.7. The molecule has 0 unspecified atom stereocenters. The summed E-state index contributed by atoms with van der Waals surface area (Å²) in [6.07, 6.45) is 1.69. The Balaban J connectivity index is 2.63. The number of esters is 1. The second-order valence-corrected chi connectivity index (χ2v) is 4.50. The predicted octanol–water partition coefficient (Wildman–Crippen LogP) is 1.86. The van der Waals surface area contributed by atoms with Gasteiger partial charge in [0.15, 0.2) is 0 Å². The van der Waals surface area contributed by atoms with Crippen LogP contribution in [-0.4, -0.2) is 31.1 Å². The molecule has 0 bridgehead atoms. The van der Waals surface area contributed by atoms with E-state index in [2.05, 4.69) is 27.3 Å². The predicted molar refractivity (Wildman–Crippen MR) is 67.2 cm³/mol. The summed E-state index contributed by atoms with van der Waals surface area (Å²) in [5.74, 6) is -0.343. The van der Waals surface area contributed by atoms with Gasteiger partial charge in [-0.05, 0) is 10.2 Å². The van der Waals surface area contributed by atoms with Crippen LogP contribution in [0.15, 0.2) is 10.2 Å². The molecule has 0 spiro atoms. The SMILES string of the molecule is COC(=O)C[C@@H]1CC(=O)[C@H](C)[C@@H](/C=C/I)O1. The third kappa shape index (κ3) is 3.55. The number of carbonyl (C=O) groups is 2. The van der Waals surface area contributed by atoms with Crippen LogP contribution < -0.4 is 0 Å². The highest BCUT2D eigenvalue weighted by Crippen LogP contribution is 2.25. The van der Waals surface area contributed by atoms with Crippen molar-refractivity contribution in [2.75, 3.05) is 7.11 Å². The molecule has 90 valence electrons. The average molecular weight is 338 g/mol. The van der Waals surface area contributed by atoms with Crippen LogP contribution in [0.5, 0.6) is 0 Å². The highest BCUT2D eigenvalue weighted by Gasteiger charge is 2.34. The maximum Gasteiger partial charge on any atom is 0.308 e. The van der Waals surface area contributed by atoms with Crippen LogP contribution in [0.4, 0.5) is 0 Å². The first-order valence-electron chi connectivity index (χ1n) is 5.10. The van der Waals surface area contributed by atoms with Crippen LogP contribution >= 0.6 is 22.6 Å². The minimum Gasteiger partial charge on any atom is -0.469 e. The lowest BCUT2D eigenvalue weighted by atomic mass is 9.91. The molecule has 1 aliphatic rings. The van der Waals surface area contributed by atoms with Gasteiger partial charge in [0.05, 0.1) is 25.7 Å². The number of ether oxygens (including phenoxy) is 2. The van der Waals surface area contributed by atoms with Gasteiger partial charge in [0, 0.05) is 12.3 Å². The highest BCUT2D eigenvalue weighted by molar-refractivity contribution is 14.1. The summed E-state index contributed by atoms with van der Waals surface area (Å²) >= 11 is 2.08. The lowest BCUT2D eigenvalue weighted by Crippen LogP contribution is -2.40. The summed E-state index contributed by atoms with van der Waals surface area (Å²) in [4.78, 5) is 22.8. The van der Waals surface area contributed by atoms with Gasteiger partial charge in [0.2, 0.25) is 0 Å². The summed E-state index contributed by atoms with van der Waals surface area (Å²) in [6.45, 7) is 1.85. The fourth-order valence-electron chi connectivity index (χ4n) is 1.65. The monoisotopic (exact) mass is 338 g/mol. The zero-order valence-corrected chi connectivity index (χ0v) is 11.5. The van der Waals surface area contributed by atoms with Gasteiger partial charge in [-0.2, -0.15) is 0 Å². The van der Waals surface area contributed by atoms with Crippen molar-refractivity contribution < 1.29 is 19.1 Å². The van der Waals surface area contributed by atoms with Crippen LogP contribution in [-0.2, 0) is 19.1 Å². The van der Waals surface area contributed by atoms with E-state index in [0.29, 0.717) is 6.42 Å². The zero-order valence-electron chi connectivity index (χ0n) is 9.31. The average Bonchev–Trinajstić information content (AvgIpc) is 2.25. The smallest absolute Gasteiger partial charge is 0.308 e. The maximum absolute atomic E-state index is 11.7. The Labute approximate surface area is 109 Å². The molecule has 0 aromatic heterocycles. The molecule has 1 rings (SSSR count). The third-order valence-electron chi connectivity index (χ3n) is 2.66. The van der Waals surface area contributed by atoms with Crippen molar-refractivity contribution in [3.05, 3.63) is 10.2 Å². The molecule has 0 saturated carbocycles. The quantitative estimate of drug-likeness (QED) is 0.582. The minimum absolute atomic E-state index is 0.139. The van der Waals surface area contributed by atoms with Crippen molar-refractivity contribution in [2.24, 2.45) is 5.92 Å². The Bertz CT molecular complexity index is 298. The largest absolute Gasteiger partial charge is 0.469 e. The molecule has 1 saturated heterocycles. The van der Waals surface area contributed by atoms with Crippen LogP contribution in [0.3, 0.4) is 0 Å². The highest BCUT2D eigenvalue weighted by atomic mass is 127. The van der Waals surface area contributed by atoms with Crippen LogP contribution in [0.2, 0.25) is 0 Å². The van der Waals surface area contributed by atoms with E-state index in [1.54, 1.807) is 0 Å². The van der Waals surface area contributed by atoms with Crippen molar-refractivity contribution in [1.82, 2.24) is 0 Å². The van der Waals surface area contributed by atoms with Gasteiger partial charge in [-0.15, -0.1) is 0 Å². The molecule has 0 aromatic carbocycles. The van der Waals surface area contributed by atoms with E-state index in [1.807, 2.05) is 17.1 Å². The molecular formula is C11H15IO4. The molecule has 1 heterocycles. The standard InChI is InChI=1S/C11H15IO4/c1-7-9(13)5-8(6-11(14)15-2)16-10(7)3-4-12/h3-4,7-8,10H,5-6H2,1-2H3/b4-3+/t7-,8-,10+/m0/s1. The number of methoxy groups -OCH3 is 1. The van der Waals surface area contributed by atoms with Crippen LogP contribution in [0.25, 0.3) is 0 Å². The molecule has 16 heavy (non-hydrogen) atoms. The second kappa shape index (κ2) is 6.34. The van der Waals surface area contributed by atoms with E-state index >= 15 is 0 Å². The lowest BCUT2D eigenvalue weighted by molar-refractivity contribution is -0.151. The molecule has 5 heteroatoms. The number of Topliss-reactive ketones (excluding diaryl/α,β-unsaturated/α-hetero) is 1. The van der Waals surface area contributed by atoms with Gasteiger partial charge in [0.1, 0.15) is 5.78 Å². The molecule has 0 amide bonds. The van der Waals surface area contributed by atoms with E-state index in [1.165, 1.54) is 7.11 Å². The zero-order chi connectivity index (χ0) is 12.1. The van der Waals surface area contributed by atoms with Crippen LogP contribution in [0.1, 0.15) is 19.8 Å². The van der Waals surface area contributed by atoms with Gasteiger partial charge in [-0.3, -0.25) is 9.59 Å². The molecule has 4 nitrogen and oxygen atoms in total. The van der Waals surface area contributed by atoms with Crippen molar-refractivity contribution in [2.45, 2.75) is 32.0 Å². The Morgan fingerprint density at radius 1 is 1.69 bits per heavy atom. The second-order valence-electron chi connectivity index (χ2n) is 3.78. The summed E-state index contributed by atoms with van der Waals surface area (Å²) in [5.41, 5.74) is 0. The summed E-state index contributed by atoms with van der Waals surface area (Å²) in [7, 11) is 1.33. The summed E-state index contributed by atoms with van der Waals surface area (Å²) in [5, 5.41) is 0. The van der Waals surface area contributed by atoms with E-state index in [4.69, 9.17) is 4.74 Å². The number of rotatable bonds is 3. The topological polar surface area (TPSA) is 52.6 Å². The summed E-state index contributed by atoms with van der Waals surface area (Å²) in [6, 6.07) is 0. The minimum atomic E-state index is -0.353. The Hall–Kier alpha value is -0.430. The van der Waals surface area contributed by atoms with E-state index in [9.17, 15) is 9.59 Å². The molecule has 1 aliphatic heterocycles. The van der Waals surface area contributed by atoms with Crippen molar-refractivity contribution >= 4 is 34.3 Å². The molecule has 1 fully saturated rings. The molecule has 3 atom stereocenters. The molecular weight excluding hydrogens is 323 g/mol. The molecule has 0 N–H and O–H groups in total.